The van der Waals surface area contributed by atoms with E-state index in [1.165, 1.54) is 42.1 Å². The van der Waals surface area contributed by atoms with Crippen LogP contribution in [0.4, 0.5) is 5.00 Å². The van der Waals surface area contributed by atoms with E-state index in [1.807, 2.05) is 6.92 Å². The molecule has 26 heavy (non-hydrogen) atoms. The third kappa shape index (κ3) is 4.65. The van der Waals surface area contributed by atoms with E-state index in [9.17, 15) is 9.59 Å². The van der Waals surface area contributed by atoms with Crippen molar-refractivity contribution in [2.45, 2.75) is 58.8 Å². The summed E-state index contributed by atoms with van der Waals surface area (Å²) in [5.74, 6) is 0.347. The molecule has 2 N–H and O–H groups in total. The summed E-state index contributed by atoms with van der Waals surface area (Å²) in [6.45, 7) is 7.64. The highest BCUT2D eigenvalue weighted by atomic mass is 32.1. The van der Waals surface area contributed by atoms with Crippen LogP contribution in [0.3, 0.4) is 0 Å². The fraction of sp³-hybridized carbons (Fsp3) is 0.700. The van der Waals surface area contributed by atoms with Crippen molar-refractivity contribution in [3.63, 3.8) is 0 Å². The Morgan fingerprint density at radius 2 is 2.04 bits per heavy atom. The number of thiophene rings is 1. The number of rotatable bonds is 6. The van der Waals surface area contributed by atoms with Gasteiger partial charge in [-0.1, -0.05) is 6.92 Å². The number of anilines is 1. The van der Waals surface area contributed by atoms with E-state index in [-0.39, 0.29) is 11.9 Å². The molecule has 0 radical (unpaired) electrons. The van der Waals surface area contributed by atoms with E-state index in [4.69, 9.17) is 4.74 Å². The van der Waals surface area contributed by atoms with Gasteiger partial charge in [0.1, 0.15) is 5.00 Å². The average molecular weight is 380 g/mol. The zero-order valence-corrected chi connectivity index (χ0v) is 16.8. The second-order valence-corrected chi connectivity index (χ2v) is 8.74. The maximum atomic E-state index is 12.5. The second kappa shape index (κ2) is 9.00. The van der Waals surface area contributed by atoms with Gasteiger partial charge in [0.25, 0.3) is 0 Å². The van der Waals surface area contributed by atoms with Gasteiger partial charge < -0.3 is 15.0 Å². The molecule has 0 aromatic carbocycles. The number of piperidine rings is 1. The van der Waals surface area contributed by atoms with Crippen molar-refractivity contribution in [2.75, 3.05) is 31.6 Å². The maximum Gasteiger partial charge on any atom is 0.341 e. The molecule has 1 aliphatic heterocycles. The fourth-order valence-electron chi connectivity index (χ4n) is 4.04. The van der Waals surface area contributed by atoms with Gasteiger partial charge in [0.05, 0.1) is 38.2 Å². The van der Waals surface area contributed by atoms with Crippen LogP contribution in [0.25, 0.3) is 0 Å². The van der Waals surface area contributed by atoms with Crippen molar-refractivity contribution in [1.82, 2.24) is 0 Å². The summed E-state index contributed by atoms with van der Waals surface area (Å²) in [4.78, 5) is 27.8. The standard InChI is InChI=1S/C20H30N2O3S/c1-3-25-20(24)18-15-8-7-14(2)13-16(15)26-19(18)21-17(23)9-12-22-10-5-4-6-11-22/h14H,3-13H2,1-2H3,(H,21,23)/p+1/t14-/m0/s1. The van der Waals surface area contributed by atoms with Crippen molar-refractivity contribution < 1.29 is 19.2 Å². The third-order valence-corrected chi connectivity index (χ3v) is 6.68. The first-order chi connectivity index (χ1) is 12.6. The Morgan fingerprint density at radius 1 is 1.27 bits per heavy atom. The van der Waals surface area contributed by atoms with Crippen molar-refractivity contribution >= 4 is 28.2 Å². The first-order valence-electron chi connectivity index (χ1n) is 10.0. The number of ether oxygens (including phenoxy) is 1. The number of likely N-dealkylation sites (tertiary alicyclic amines) is 1. The summed E-state index contributed by atoms with van der Waals surface area (Å²) in [7, 11) is 0. The van der Waals surface area contributed by atoms with E-state index >= 15 is 0 Å². The summed E-state index contributed by atoms with van der Waals surface area (Å²) in [6.07, 6.45) is 7.32. The van der Waals surface area contributed by atoms with Crippen molar-refractivity contribution in [2.24, 2.45) is 5.92 Å². The Balaban J connectivity index is 1.69. The Labute approximate surface area is 160 Å². The van der Waals surface area contributed by atoms with Crippen LogP contribution < -0.4 is 10.2 Å². The average Bonchev–Trinajstić information content (AvgIpc) is 2.98. The number of esters is 1. The van der Waals surface area contributed by atoms with Crippen LogP contribution in [0.2, 0.25) is 0 Å². The molecule has 0 spiro atoms. The summed E-state index contributed by atoms with van der Waals surface area (Å²) in [5.41, 5.74) is 1.71. The number of hydrogen-bond acceptors (Lipinski definition) is 4. The third-order valence-electron chi connectivity index (χ3n) is 5.51. The Bertz CT molecular complexity index is 650. The molecule has 2 aliphatic rings. The quantitative estimate of drug-likeness (QED) is 0.747. The van der Waals surface area contributed by atoms with Crippen molar-refractivity contribution in [3.8, 4) is 0 Å². The van der Waals surface area contributed by atoms with Crippen molar-refractivity contribution in [3.05, 3.63) is 16.0 Å². The predicted octanol–water partition coefficient (Wildman–Crippen LogP) is 2.45. The number of carbonyl (C=O) groups is 2. The van der Waals surface area contributed by atoms with Gasteiger partial charge in [-0.05, 0) is 56.9 Å². The largest absolute Gasteiger partial charge is 0.462 e. The monoisotopic (exact) mass is 379 g/mol. The lowest BCUT2D eigenvalue weighted by molar-refractivity contribution is -0.904. The molecule has 1 aliphatic carbocycles. The summed E-state index contributed by atoms with van der Waals surface area (Å²) in [5, 5.41) is 3.72. The lowest BCUT2D eigenvalue weighted by atomic mass is 9.88. The molecule has 144 valence electrons. The molecule has 5 nitrogen and oxygen atoms in total. The molecule has 3 rings (SSSR count). The summed E-state index contributed by atoms with van der Waals surface area (Å²) in [6, 6.07) is 0. The summed E-state index contributed by atoms with van der Waals surface area (Å²) >= 11 is 1.57. The molecule has 1 aromatic heterocycles. The molecule has 0 unspecified atom stereocenters. The summed E-state index contributed by atoms with van der Waals surface area (Å²) < 4.78 is 5.27. The fourth-order valence-corrected chi connectivity index (χ4v) is 5.45. The zero-order chi connectivity index (χ0) is 18.5. The number of carbonyl (C=O) groups excluding carboxylic acids is 2. The molecule has 1 saturated heterocycles. The highest BCUT2D eigenvalue weighted by Crippen LogP contribution is 2.40. The molecule has 1 atom stereocenters. The highest BCUT2D eigenvalue weighted by molar-refractivity contribution is 7.17. The molecule has 0 saturated carbocycles. The number of amides is 1. The van der Waals surface area contributed by atoms with Gasteiger partial charge in [0, 0.05) is 4.88 Å². The van der Waals surface area contributed by atoms with Gasteiger partial charge in [-0.2, -0.15) is 0 Å². The van der Waals surface area contributed by atoms with Gasteiger partial charge in [0.2, 0.25) is 5.91 Å². The number of fused-ring (bicyclic) bond motifs is 1. The lowest BCUT2D eigenvalue weighted by Gasteiger charge is -2.23. The highest BCUT2D eigenvalue weighted by Gasteiger charge is 2.29. The lowest BCUT2D eigenvalue weighted by Crippen LogP contribution is -3.12. The first kappa shape index (κ1) is 19.4. The van der Waals surface area contributed by atoms with E-state index in [0.29, 0.717) is 29.5 Å². The number of nitrogens with one attached hydrogen (secondary N) is 2. The van der Waals surface area contributed by atoms with Gasteiger partial charge in [-0.15, -0.1) is 11.3 Å². The Morgan fingerprint density at radius 3 is 2.77 bits per heavy atom. The zero-order valence-electron chi connectivity index (χ0n) is 16.0. The SMILES string of the molecule is CCOC(=O)c1c(NC(=O)CC[NH+]2CCCCC2)sc2c1CC[C@H](C)C2. The molecule has 0 bridgehead atoms. The molecule has 6 heteroatoms. The topological polar surface area (TPSA) is 59.8 Å². The van der Waals surface area contributed by atoms with Gasteiger partial charge in [-0.25, -0.2) is 4.79 Å². The molecule has 1 amide bonds. The minimum absolute atomic E-state index is 0.0141. The van der Waals surface area contributed by atoms with Crippen LogP contribution >= 0.6 is 11.3 Å². The molecular weight excluding hydrogens is 348 g/mol. The molecule has 2 heterocycles. The Kier molecular flexibility index (Phi) is 6.70. The van der Waals surface area contributed by atoms with Crippen molar-refractivity contribution in [1.29, 1.82) is 0 Å². The smallest absolute Gasteiger partial charge is 0.341 e. The van der Waals surface area contributed by atoms with Crippen LogP contribution in [0.15, 0.2) is 0 Å². The van der Waals surface area contributed by atoms with Crippen LogP contribution in [0.5, 0.6) is 0 Å². The number of hydrogen-bond donors (Lipinski definition) is 2. The Hall–Kier alpha value is -1.40. The molecular formula is C20H31N2O3S+. The minimum Gasteiger partial charge on any atom is -0.462 e. The van der Waals surface area contributed by atoms with E-state index in [2.05, 4.69) is 12.2 Å². The van der Waals surface area contributed by atoms with E-state index in [1.54, 1.807) is 11.3 Å². The van der Waals surface area contributed by atoms with Gasteiger partial charge in [-0.3, -0.25) is 4.79 Å². The molecule has 1 aromatic rings. The van der Waals surface area contributed by atoms with Crippen LogP contribution in [0.1, 0.15) is 66.8 Å². The van der Waals surface area contributed by atoms with Crippen LogP contribution in [0, 0.1) is 5.92 Å². The second-order valence-electron chi connectivity index (χ2n) is 7.64. The maximum absolute atomic E-state index is 12.5. The predicted molar refractivity (Wildman–Crippen MR) is 104 cm³/mol. The number of quaternary nitrogens is 1. The minimum atomic E-state index is -0.295. The van der Waals surface area contributed by atoms with Gasteiger partial charge in [0.15, 0.2) is 0 Å². The molecule has 1 fully saturated rings. The van der Waals surface area contributed by atoms with Crippen LogP contribution in [-0.2, 0) is 22.4 Å². The van der Waals surface area contributed by atoms with Gasteiger partial charge >= 0.3 is 5.97 Å². The normalized spacial score (nSPS) is 20.5. The van der Waals surface area contributed by atoms with E-state index in [0.717, 1.165) is 31.4 Å². The van der Waals surface area contributed by atoms with Crippen LogP contribution in [-0.4, -0.2) is 38.1 Å². The van der Waals surface area contributed by atoms with E-state index < -0.39 is 0 Å². The first-order valence-corrected chi connectivity index (χ1v) is 10.8.